The number of rotatable bonds is 11. The van der Waals surface area contributed by atoms with Crippen LogP contribution in [-0.4, -0.2) is 23.3 Å². The van der Waals surface area contributed by atoms with Crippen LogP contribution in [-0.2, 0) is 9.59 Å². The van der Waals surface area contributed by atoms with E-state index in [9.17, 15) is 9.59 Å². The van der Waals surface area contributed by atoms with Gasteiger partial charge in [-0.1, -0.05) is 76.9 Å². The first kappa shape index (κ1) is 18.2. The van der Waals surface area contributed by atoms with Gasteiger partial charge in [-0.05, 0) is 19.3 Å². The molecule has 2 unspecified atom stereocenters. The lowest BCUT2D eigenvalue weighted by Crippen LogP contribution is -2.32. The molecular formula is C20H33NO2. The van der Waals surface area contributed by atoms with Gasteiger partial charge in [0.05, 0.1) is 11.8 Å². The number of fused-ring (bicyclic) bond motifs is 1. The van der Waals surface area contributed by atoms with Crippen molar-refractivity contribution in [1.82, 2.24) is 4.90 Å². The highest BCUT2D eigenvalue weighted by Crippen LogP contribution is 2.35. The maximum atomic E-state index is 12.3. The van der Waals surface area contributed by atoms with E-state index in [2.05, 4.69) is 19.1 Å². The fourth-order valence-electron chi connectivity index (χ4n) is 3.85. The Morgan fingerprint density at radius 2 is 1.22 bits per heavy atom. The van der Waals surface area contributed by atoms with Crippen molar-refractivity contribution in [3.63, 3.8) is 0 Å². The molecule has 2 atom stereocenters. The molecule has 3 nitrogen and oxygen atoms in total. The molecule has 0 bridgehead atoms. The predicted molar refractivity (Wildman–Crippen MR) is 93.9 cm³/mol. The van der Waals surface area contributed by atoms with Crippen molar-refractivity contribution < 1.29 is 9.59 Å². The third kappa shape index (κ3) is 5.19. The van der Waals surface area contributed by atoms with Crippen LogP contribution in [0.15, 0.2) is 12.2 Å². The monoisotopic (exact) mass is 319 g/mol. The Bertz CT molecular complexity index is 390. The number of imide groups is 1. The first-order chi connectivity index (χ1) is 11.3. The first-order valence-electron chi connectivity index (χ1n) is 9.76. The summed E-state index contributed by atoms with van der Waals surface area (Å²) in [5.41, 5.74) is 0. The number of nitrogens with zero attached hydrogens (tertiary/aromatic N) is 1. The summed E-state index contributed by atoms with van der Waals surface area (Å²) in [6, 6.07) is 0. The largest absolute Gasteiger partial charge is 0.282 e. The van der Waals surface area contributed by atoms with Gasteiger partial charge in [0.25, 0.3) is 0 Å². The summed E-state index contributed by atoms with van der Waals surface area (Å²) in [6.45, 7) is 2.89. The van der Waals surface area contributed by atoms with Crippen LogP contribution in [0.4, 0.5) is 0 Å². The number of hydrogen-bond donors (Lipinski definition) is 0. The fraction of sp³-hybridized carbons (Fsp3) is 0.800. The molecule has 1 saturated heterocycles. The van der Waals surface area contributed by atoms with E-state index in [1.54, 1.807) is 4.90 Å². The van der Waals surface area contributed by atoms with E-state index in [0.717, 1.165) is 25.7 Å². The average molecular weight is 319 g/mol. The van der Waals surface area contributed by atoms with Crippen LogP contribution < -0.4 is 0 Å². The van der Waals surface area contributed by atoms with Gasteiger partial charge in [-0.25, -0.2) is 0 Å². The zero-order valence-electron chi connectivity index (χ0n) is 14.8. The summed E-state index contributed by atoms with van der Waals surface area (Å²) < 4.78 is 0. The number of allylic oxidation sites excluding steroid dienone is 2. The quantitative estimate of drug-likeness (QED) is 0.310. The molecule has 1 heterocycles. The summed E-state index contributed by atoms with van der Waals surface area (Å²) in [5.74, 6) is 0.0480. The first-order valence-corrected chi connectivity index (χ1v) is 9.76. The Hall–Kier alpha value is -1.12. The summed E-state index contributed by atoms with van der Waals surface area (Å²) in [5, 5.41) is 0. The SMILES string of the molecule is CCCCCCCCCCCCN1C(=O)C2CC=CCC2C1=O. The Morgan fingerprint density at radius 3 is 1.70 bits per heavy atom. The Balaban J connectivity index is 1.53. The van der Waals surface area contributed by atoms with Crippen LogP contribution in [0.1, 0.15) is 84.0 Å². The second-order valence-electron chi connectivity index (χ2n) is 7.17. The minimum Gasteiger partial charge on any atom is -0.282 e. The number of carbonyl (C=O) groups excluding carboxylic acids is 2. The van der Waals surface area contributed by atoms with Crippen molar-refractivity contribution in [3.05, 3.63) is 12.2 Å². The van der Waals surface area contributed by atoms with E-state index in [-0.39, 0.29) is 23.7 Å². The van der Waals surface area contributed by atoms with E-state index in [1.165, 1.54) is 51.4 Å². The molecule has 1 aliphatic heterocycles. The summed E-state index contributed by atoms with van der Waals surface area (Å²) in [4.78, 5) is 26.2. The van der Waals surface area contributed by atoms with E-state index in [0.29, 0.717) is 6.54 Å². The summed E-state index contributed by atoms with van der Waals surface area (Å²) in [7, 11) is 0. The van der Waals surface area contributed by atoms with Crippen molar-refractivity contribution in [1.29, 1.82) is 0 Å². The van der Waals surface area contributed by atoms with Crippen LogP contribution >= 0.6 is 0 Å². The molecule has 0 aromatic rings. The zero-order chi connectivity index (χ0) is 16.5. The van der Waals surface area contributed by atoms with Gasteiger partial charge in [0.15, 0.2) is 0 Å². The molecule has 23 heavy (non-hydrogen) atoms. The number of likely N-dealkylation sites (tertiary alicyclic amines) is 1. The third-order valence-corrected chi connectivity index (χ3v) is 5.33. The molecule has 1 aliphatic carbocycles. The zero-order valence-corrected chi connectivity index (χ0v) is 14.8. The summed E-state index contributed by atoms with van der Waals surface area (Å²) in [6.07, 6.45) is 18.4. The fourth-order valence-corrected chi connectivity index (χ4v) is 3.85. The van der Waals surface area contributed by atoms with Crippen molar-refractivity contribution in [2.45, 2.75) is 84.0 Å². The minimum atomic E-state index is -0.0596. The highest BCUT2D eigenvalue weighted by Gasteiger charge is 2.46. The number of unbranched alkanes of at least 4 members (excludes halogenated alkanes) is 9. The van der Waals surface area contributed by atoms with Crippen LogP contribution in [0.3, 0.4) is 0 Å². The Kier molecular flexibility index (Phi) is 7.84. The summed E-state index contributed by atoms with van der Waals surface area (Å²) >= 11 is 0. The number of amides is 2. The average Bonchev–Trinajstić information content (AvgIpc) is 2.81. The third-order valence-electron chi connectivity index (χ3n) is 5.33. The highest BCUT2D eigenvalue weighted by molar-refractivity contribution is 6.05. The molecule has 1 fully saturated rings. The van der Waals surface area contributed by atoms with Crippen LogP contribution in [0.25, 0.3) is 0 Å². The molecule has 2 rings (SSSR count). The number of carbonyl (C=O) groups is 2. The molecule has 3 heteroatoms. The van der Waals surface area contributed by atoms with E-state index < -0.39 is 0 Å². The van der Waals surface area contributed by atoms with E-state index >= 15 is 0 Å². The van der Waals surface area contributed by atoms with Gasteiger partial charge in [-0.3, -0.25) is 14.5 Å². The lowest BCUT2D eigenvalue weighted by Gasteiger charge is -2.14. The second kappa shape index (κ2) is 9.89. The Labute approximate surface area is 141 Å². The van der Waals surface area contributed by atoms with Gasteiger partial charge < -0.3 is 0 Å². The standard InChI is InChI=1S/C20H33NO2/c1-2-3-4-5-6-7-8-9-10-13-16-21-19(22)17-14-11-12-15-18(17)20(21)23/h11-12,17-18H,2-10,13-16H2,1H3. The molecule has 0 spiro atoms. The predicted octanol–water partition coefficient (Wildman–Crippen LogP) is 4.86. The van der Waals surface area contributed by atoms with Crippen LogP contribution in [0.5, 0.6) is 0 Å². The van der Waals surface area contributed by atoms with E-state index in [1.807, 2.05) is 0 Å². The maximum Gasteiger partial charge on any atom is 0.233 e. The maximum absolute atomic E-state index is 12.3. The van der Waals surface area contributed by atoms with Gasteiger partial charge in [0, 0.05) is 6.54 Å². The molecule has 130 valence electrons. The molecule has 0 aromatic heterocycles. The van der Waals surface area contributed by atoms with Crippen molar-refractivity contribution in [2.24, 2.45) is 11.8 Å². The van der Waals surface area contributed by atoms with Gasteiger partial charge in [-0.2, -0.15) is 0 Å². The van der Waals surface area contributed by atoms with Gasteiger partial charge >= 0.3 is 0 Å². The van der Waals surface area contributed by atoms with Gasteiger partial charge in [0.2, 0.25) is 11.8 Å². The van der Waals surface area contributed by atoms with E-state index in [4.69, 9.17) is 0 Å². The Morgan fingerprint density at radius 1 is 0.783 bits per heavy atom. The lowest BCUT2D eigenvalue weighted by atomic mass is 9.85. The second-order valence-corrected chi connectivity index (χ2v) is 7.17. The number of hydrogen-bond acceptors (Lipinski definition) is 2. The molecule has 2 aliphatic rings. The molecule has 0 radical (unpaired) electrons. The van der Waals surface area contributed by atoms with Crippen molar-refractivity contribution >= 4 is 11.8 Å². The smallest absolute Gasteiger partial charge is 0.233 e. The topological polar surface area (TPSA) is 37.4 Å². The van der Waals surface area contributed by atoms with Crippen molar-refractivity contribution in [2.75, 3.05) is 6.54 Å². The molecular weight excluding hydrogens is 286 g/mol. The van der Waals surface area contributed by atoms with Gasteiger partial charge in [0.1, 0.15) is 0 Å². The minimum absolute atomic E-state index is 0.0596. The molecule has 0 aromatic carbocycles. The van der Waals surface area contributed by atoms with Crippen molar-refractivity contribution in [3.8, 4) is 0 Å². The van der Waals surface area contributed by atoms with Crippen LogP contribution in [0, 0.1) is 11.8 Å². The highest BCUT2D eigenvalue weighted by atomic mass is 16.2. The molecule has 0 N–H and O–H groups in total. The van der Waals surface area contributed by atoms with Gasteiger partial charge in [-0.15, -0.1) is 0 Å². The molecule has 0 saturated carbocycles. The molecule has 2 amide bonds. The van der Waals surface area contributed by atoms with Crippen LogP contribution in [0.2, 0.25) is 0 Å². The lowest BCUT2D eigenvalue weighted by molar-refractivity contribution is -0.139. The normalized spacial score (nSPS) is 23.6.